The molecule has 0 fully saturated rings. The first-order chi connectivity index (χ1) is 9.65. The number of hydrogen-bond donors (Lipinski definition) is 1. The number of ether oxygens (including phenoxy) is 1. The Bertz CT molecular complexity index is 540. The molecule has 0 atom stereocenters. The van der Waals surface area contributed by atoms with Crippen molar-refractivity contribution in [1.82, 2.24) is 5.32 Å². The van der Waals surface area contributed by atoms with E-state index in [0.29, 0.717) is 11.5 Å². The van der Waals surface area contributed by atoms with E-state index in [9.17, 15) is 4.79 Å². The van der Waals surface area contributed by atoms with Gasteiger partial charge in [-0.05, 0) is 31.2 Å². The van der Waals surface area contributed by atoms with Crippen LogP contribution >= 0.6 is 0 Å². The van der Waals surface area contributed by atoms with E-state index in [1.807, 2.05) is 31.2 Å². The van der Waals surface area contributed by atoms with Crippen molar-refractivity contribution in [2.45, 2.75) is 6.92 Å². The summed E-state index contributed by atoms with van der Waals surface area (Å²) in [6.07, 6.45) is 7.59. The van der Waals surface area contributed by atoms with Crippen molar-refractivity contribution < 1.29 is 9.53 Å². The number of benzene rings is 1. The fourth-order valence-corrected chi connectivity index (χ4v) is 1.28. The van der Waals surface area contributed by atoms with Crippen molar-refractivity contribution in [2.24, 2.45) is 4.99 Å². The van der Waals surface area contributed by atoms with Gasteiger partial charge in [-0.3, -0.25) is 9.79 Å². The summed E-state index contributed by atoms with van der Waals surface area (Å²) in [5.74, 6) is 0.988. The van der Waals surface area contributed by atoms with Crippen LogP contribution in [0.5, 0.6) is 5.75 Å². The summed E-state index contributed by atoms with van der Waals surface area (Å²) in [6, 6.07) is 7.63. The minimum atomic E-state index is -0.205. The van der Waals surface area contributed by atoms with E-state index in [4.69, 9.17) is 4.74 Å². The zero-order chi connectivity index (χ0) is 14.8. The van der Waals surface area contributed by atoms with Crippen molar-refractivity contribution >= 4 is 12.1 Å². The number of carbonyl (C=O) groups excluding carboxylic acids is 1. The Morgan fingerprint density at radius 3 is 2.60 bits per heavy atom. The number of aryl methyl sites for hydroxylation is 1. The molecule has 4 nitrogen and oxygen atoms in total. The Morgan fingerprint density at radius 1 is 1.30 bits per heavy atom. The Morgan fingerprint density at radius 2 is 2.00 bits per heavy atom. The van der Waals surface area contributed by atoms with Gasteiger partial charge < -0.3 is 10.1 Å². The standard InChI is InChI=1S/C16H18N2O2/c1-4-18-12-11-15(9-10-16(19)17-3)20-14-7-5-13(2)6-8-14/h4-12H,1H2,2-3H3,(H,17,19)/b10-9+,15-11+,18-12?. The Kier molecular flexibility index (Phi) is 6.54. The van der Waals surface area contributed by atoms with Crippen LogP contribution in [0.1, 0.15) is 5.56 Å². The van der Waals surface area contributed by atoms with Crippen LogP contribution in [0.2, 0.25) is 0 Å². The average Bonchev–Trinajstić information content (AvgIpc) is 2.46. The van der Waals surface area contributed by atoms with Gasteiger partial charge in [0.2, 0.25) is 5.91 Å². The van der Waals surface area contributed by atoms with Gasteiger partial charge in [-0.2, -0.15) is 0 Å². The van der Waals surface area contributed by atoms with Crippen LogP contribution in [0.4, 0.5) is 0 Å². The van der Waals surface area contributed by atoms with E-state index in [1.165, 1.54) is 12.3 Å². The first-order valence-corrected chi connectivity index (χ1v) is 6.14. The molecule has 1 rings (SSSR count). The number of nitrogens with zero attached hydrogens (tertiary/aromatic N) is 1. The molecule has 1 N–H and O–H groups in total. The highest BCUT2D eigenvalue weighted by molar-refractivity contribution is 5.87. The zero-order valence-corrected chi connectivity index (χ0v) is 11.7. The van der Waals surface area contributed by atoms with Crippen molar-refractivity contribution in [3.05, 3.63) is 66.6 Å². The molecule has 1 aromatic carbocycles. The molecular weight excluding hydrogens is 252 g/mol. The minimum absolute atomic E-state index is 0.205. The molecule has 0 aliphatic heterocycles. The summed E-state index contributed by atoms with van der Waals surface area (Å²) in [4.78, 5) is 15.1. The molecule has 0 aliphatic rings. The van der Waals surface area contributed by atoms with Crippen LogP contribution in [0.15, 0.2) is 66.0 Å². The number of nitrogens with one attached hydrogen (secondary N) is 1. The third-order valence-electron chi connectivity index (χ3n) is 2.33. The molecule has 104 valence electrons. The van der Waals surface area contributed by atoms with Crippen LogP contribution < -0.4 is 10.1 Å². The summed E-state index contributed by atoms with van der Waals surface area (Å²) in [7, 11) is 1.57. The number of likely N-dealkylation sites (N-methyl/N-ethyl adjacent to an activating group) is 1. The summed E-state index contributed by atoms with van der Waals surface area (Å²) in [5, 5.41) is 2.50. The van der Waals surface area contributed by atoms with Crippen molar-refractivity contribution in [1.29, 1.82) is 0 Å². The Labute approximate surface area is 119 Å². The lowest BCUT2D eigenvalue weighted by Gasteiger charge is -2.06. The maximum Gasteiger partial charge on any atom is 0.243 e. The number of carbonyl (C=O) groups is 1. The lowest BCUT2D eigenvalue weighted by molar-refractivity contribution is -0.116. The highest BCUT2D eigenvalue weighted by Crippen LogP contribution is 2.15. The minimum Gasteiger partial charge on any atom is -0.457 e. The lowest BCUT2D eigenvalue weighted by atomic mass is 10.2. The highest BCUT2D eigenvalue weighted by atomic mass is 16.5. The quantitative estimate of drug-likeness (QED) is 0.374. The second-order valence-electron chi connectivity index (χ2n) is 3.91. The molecule has 0 aliphatic carbocycles. The predicted octanol–water partition coefficient (Wildman–Crippen LogP) is 2.77. The summed E-state index contributed by atoms with van der Waals surface area (Å²) in [6.45, 7) is 5.49. The van der Waals surface area contributed by atoms with Gasteiger partial charge in [-0.15, -0.1) is 0 Å². The number of rotatable bonds is 6. The van der Waals surface area contributed by atoms with Gasteiger partial charge in [0.25, 0.3) is 0 Å². The van der Waals surface area contributed by atoms with Crippen molar-refractivity contribution in [3.8, 4) is 5.75 Å². The van der Waals surface area contributed by atoms with E-state index >= 15 is 0 Å². The van der Waals surface area contributed by atoms with Crippen LogP contribution in [0.3, 0.4) is 0 Å². The number of hydrogen-bond acceptors (Lipinski definition) is 3. The molecule has 4 heteroatoms. The maximum absolute atomic E-state index is 11.2. The summed E-state index contributed by atoms with van der Waals surface area (Å²) < 4.78 is 5.68. The fourth-order valence-electron chi connectivity index (χ4n) is 1.28. The van der Waals surface area contributed by atoms with Gasteiger partial charge in [0.05, 0.1) is 0 Å². The van der Waals surface area contributed by atoms with Gasteiger partial charge in [-0.1, -0.05) is 24.3 Å². The molecule has 0 bridgehead atoms. The van der Waals surface area contributed by atoms with E-state index < -0.39 is 0 Å². The van der Waals surface area contributed by atoms with Gasteiger partial charge in [0.15, 0.2) is 0 Å². The van der Waals surface area contributed by atoms with Crippen LogP contribution in [-0.2, 0) is 4.79 Å². The monoisotopic (exact) mass is 270 g/mol. The SMILES string of the molecule is C=CN=C/C=C(\C=C\C(=O)NC)Oc1ccc(C)cc1. The normalized spacial score (nSPS) is 11.8. The molecule has 0 saturated carbocycles. The third-order valence-corrected chi connectivity index (χ3v) is 2.33. The van der Waals surface area contributed by atoms with Crippen LogP contribution in [0.25, 0.3) is 0 Å². The van der Waals surface area contributed by atoms with E-state index in [0.717, 1.165) is 5.56 Å². The molecular formula is C16H18N2O2. The highest BCUT2D eigenvalue weighted by Gasteiger charge is 1.98. The van der Waals surface area contributed by atoms with Gasteiger partial charge in [0, 0.05) is 25.5 Å². The van der Waals surface area contributed by atoms with Crippen LogP contribution in [0, 0.1) is 6.92 Å². The molecule has 0 unspecified atom stereocenters. The molecule has 1 aromatic rings. The topological polar surface area (TPSA) is 50.7 Å². The van der Waals surface area contributed by atoms with Crippen molar-refractivity contribution in [3.63, 3.8) is 0 Å². The predicted molar refractivity (Wildman–Crippen MR) is 81.8 cm³/mol. The molecule has 20 heavy (non-hydrogen) atoms. The molecule has 0 saturated heterocycles. The van der Waals surface area contributed by atoms with E-state index in [-0.39, 0.29) is 5.91 Å². The van der Waals surface area contributed by atoms with E-state index in [2.05, 4.69) is 16.9 Å². The molecule has 0 aromatic heterocycles. The van der Waals surface area contributed by atoms with Gasteiger partial charge in [-0.25, -0.2) is 0 Å². The molecule has 1 amide bonds. The van der Waals surface area contributed by atoms with E-state index in [1.54, 1.807) is 25.4 Å². The summed E-state index contributed by atoms with van der Waals surface area (Å²) in [5.41, 5.74) is 1.15. The molecule has 0 spiro atoms. The second-order valence-corrected chi connectivity index (χ2v) is 3.91. The zero-order valence-electron chi connectivity index (χ0n) is 11.7. The lowest BCUT2D eigenvalue weighted by Crippen LogP contribution is -2.14. The second kappa shape index (κ2) is 8.48. The smallest absolute Gasteiger partial charge is 0.243 e. The third kappa shape index (κ3) is 5.82. The van der Waals surface area contributed by atoms with Gasteiger partial charge in [0.1, 0.15) is 11.5 Å². The maximum atomic E-state index is 11.2. The fraction of sp³-hybridized carbons (Fsp3) is 0.125. The number of aliphatic imine (C=N–C) groups is 1. The first-order valence-electron chi connectivity index (χ1n) is 6.14. The average molecular weight is 270 g/mol. The number of amides is 1. The van der Waals surface area contributed by atoms with Crippen molar-refractivity contribution in [2.75, 3.05) is 7.05 Å². The first kappa shape index (κ1) is 15.4. The molecule has 0 radical (unpaired) electrons. The van der Waals surface area contributed by atoms with Gasteiger partial charge >= 0.3 is 0 Å². The Hall–Kier alpha value is -2.62. The summed E-state index contributed by atoms with van der Waals surface area (Å²) >= 11 is 0. The Balaban J connectivity index is 2.87. The van der Waals surface area contributed by atoms with Crippen LogP contribution in [-0.4, -0.2) is 19.2 Å². The molecule has 0 heterocycles. The number of allylic oxidation sites excluding steroid dienone is 2. The largest absolute Gasteiger partial charge is 0.457 e.